The third-order valence-corrected chi connectivity index (χ3v) is 4.56. The SMILES string of the molecule is Cc1nncn1CCN1CCCC(c2ccccc2)CC1. The molecule has 1 saturated heterocycles. The average molecular weight is 284 g/mol. The number of nitrogens with zero attached hydrogens (tertiary/aromatic N) is 4. The van der Waals surface area contributed by atoms with Gasteiger partial charge in [0.15, 0.2) is 0 Å². The van der Waals surface area contributed by atoms with Crippen LogP contribution in [0.15, 0.2) is 36.7 Å². The number of likely N-dealkylation sites (tertiary alicyclic amines) is 1. The lowest BCUT2D eigenvalue weighted by Gasteiger charge is -2.20. The summed E-state index contributed by atoms with van der Waals surface area (Å²) in [5.41, 5.74) is 1.51. The van der Waals surface area contributed by atoms with Gasteiger partial charge in [0.25, 0.3) is 0 Å². The van der Waals surface area contributed by atoms with E-state index in [-0.39, 0.29) is 0 Å². The maximum atomic E-state index is 4.05. The van der Waals surface area contributed by atoms with Crippen LogP contribution in [0, 0.1) is 6.92 Å². The molecule has 0 radical (unpaired) electrons. The van der Waals surface area contributed by atoms with E-state index in [1.54, 1.807) is 0 Å². The molecule has 1 aromatic carbocycles. The third-order valence-electron chi connectivity index (χ3n) is 4.56. The van der Waals surface area contributed by atoms with Crippen LogP contribution in [0.3, 0.4) is 0 Å². The smallest absolute Gasteiger partial charge is 0.129 e. The molecule has 21 heavy (non-hydrogen) atoms. The maximum Gasteiger partial charge on any atom is 0.129 e. The minimum atomic E-state index is 0.729. The normalized spacial score (nSPS) is 20.3. The van der Waals surface area contributed by atoms with Crippen LogP contribution in [-0.4, -0.2) is 39.3 Å². The van der Waals surface area contributed by atoms with Crippen molar-refractivity contribution in [3.8, 4) is 0 Å². The quantitative estimate of drug-likeness (QED) is 0.865. The second-order valence-electron chi connectivity index (χ2n) is 5.95. The van der Waals surface area contributed by atoms with Crippen molar-refractivity contribution in [1.29, 1.82) is 0 Å². The van der Waals surface area contributed by atoms with Crippen molar-refractivity contribution in [2.24, 2.45) is 0 Å². The zero-order valence-electron chi connectivity index (χ0n) is 12.8. The Hall–Kier alpha value is -1.68. The van der Waals surface area contributed by atoms with Crippen LogP contribution in [0.5, 0.6) is 0 Å². The molecule has 0 N–H and O–H groups in total. The summed E-state index contributed by atoms with van der Waals surface area (Å²) in [7, 11) is 0. The average Bonchev–Trinajstić information content (AvgIpc) is 2.79. The fourth-order valence-electron chi connectivity index (χ4n) is 3.22. The van der Waals surface area contributed by atoms with Gasteiger partial charge in [-0.1, -0.05) is 30.3 Å². The molecule has 1 aliphatic rings. The highest BCUT2D eigenvalue weighted by atomic mass is 15.3. The van der Waals surface area contributed by atoms with Gasteiger partial charge in [-0.15, -0.1) is 10.2 Å². The molecule has 4 heteroatoms. The molecule has 0 amide bonds. The summed E-state index contributed by atoms with van der Waals surface area (Å²) < 4.78 is 2.14. The topological polar surface area (TPSA) is 34.0 Å². The van der Waals surface area contributed by atoms with Crippen LogP contribution >= 0.6 is 0 Å². The molecule has 1 fully saturated rings. The van der Waals surface area contributed by atoms with E-state index in [0.717, 1.165) is 24.8 Å². The standard InChI is InChI=1S/C17H24N4/c1-15-19-18-14-21(15)13-12-20-10-5-8-17(9-11-20)16-6-3-2-4-7-16/h2-4,6-7,14,17H,5,8-13H2,1H3. The highest BCUT2D eigenvalue weighted by molar-refractivity contribution is 5.19. The van der Waals surface area contributed by atoms with Gasteiger partial charge in [0.1, 0.15) is 12.2 Å². The maximum absolute atomic E-state index is 4.05. The van der Waals surface area contributed by atoms with Crippen molar-refractivity contribution >= 4 is 0 Å². The van der Waals surface area contributed by atoms with Crippen LogP contribution in [0.4, 0.5) is 0 Å². The predicted molar refractivity (Wildman–Crippen MR) is 84.2 cm³/mol. The molecule has 1 aromatic heterocycles. The summed E-state index contributed by atoms with van der Waals surface area (Å²) in [6.07, 6.45) is 5.71. The monoisotopic (exact) mass is 284 g/mol. The Morgan fingerprint density at radius 1 is 1.10 bits per heavy atom. The van der Waals surface area contributed by atoms with Crippen molar-refractivity contribution in [1.82, 2.24) is 19.7 Å². The molecule has 2 heterocycles. The van der Waals surface area contributed by atoms with Crippen molar-refractivity contribution in [3.63, 3.8) is 0 Å². The van der Waals surface area contributed by atoms with Crippen LogP contribution in [-0.2, 0) is 6.54 Å². The summed E-state index contributed by atoms with van der Waals surface area (Å²) in [4.78, 5) is 2.59. The first-order valence-electron chi connectivity index (χ1n) is 7.94. The van der Waals surface area contributed by atoms with E-state index < -0.39 is 0 Å². The van der Waals surface area contributed by atoms with Gasteiger partial charge < -0.3 is 9.47 Å². The fourth-order valence-corrected chi connectivity index (χ4v) is 3.22. The summed E-state index contributed by atoms with van der Waals surface area (Å²) in [6, 6.07) is 11.0. The number of aryl methyl sites for hydroxylation is 1. The Morgan fingerprint density at radius 3 is 2.71 bits per heavy atom. The van der Waals surface area contributed by atoms with Gasteiger partial charge in [0.05, 0.1) is 0 Å². The van der Waals surface area contributed by atoms with Crippen LogP contribution in [0.1, 0.15) is 36.6 Å². The number of rotatable bonds is 4. The van der Waals surface area contributed by atoms with Gasteiger partial charge in [0.2, 0.25) is 0 Å². The number of benzene rings is 1. The number of aromatic nitrogens is 3. The molecule has 112 valence electrons. The first kappa shape index (κ1) is 14.3. The first-order chi connectivity index (χ1) is 10.3. The lowest BCUT2D eigenvalue weighted by molar-refractivity contribution is 0.271. The molecule has 4 nitrogen and oxygen atoms in total. The van der Waals surface area contributed by atoms with E-state index in [0.29, 0.717) is 0 Å². The molecule has 3 rings (SSSR count). The van der Waals surface area contributed by atoms with Crippen molar-refractivity contribution < 1.29 is 0 Å². The zero-order valence-corrected chi connectivity index (χ0v) is 12.8. The molecule has 2 aromatic rings. The summed E-state index contributed by atoms with van der Waals surface area (Å²) in [6.45, 7) is 6.52. The third kappa shape index (κ3) is 3.70. The minimum Gasteiger partial charge on any atom is -0.317 e. The van der Waals surface area contributed by atoms with Crippen molar-refractivity contribution in [2.75, 3.05) is 19.6 Å². The molecule has 1 atom stereocenters. The van der Waals surface area contributed by atoms with E-state index >= 15 is 0 Å². The summed E-state index contributed by atoms with van der Waals surface area (Å²) in [5.74, 6) is 1.74. The predicted octanol–water partition coefficient (Wildman–Crippen LogP) is 2.86. The van der Waals surface area contributed by atoms with Gasteiger partial charge in [0, 0.05) is 13.1 Å². The second-order valence-corrected chi connectivity index (χ2v) is 5.95. The summed E-state index contributed by atoms with van der Waals surface area (Å²) in [5, 5.41) is 8.00. The van der Waals surface area contributed by atoms with E-state index in [1.165, 1.54) is 37.9 Å². The lowest BCUT2D eigenvalue weighted by atomic mass is 9.92. The fraction of sp³-hybridized carbons (Fsp3) is 0.529. The molecular weight excluding hydrogens is 260 g/mol. The molecule has 1 unspecified atom stereocenters. The van der Waals surface area contributed by atoms with E-state index in [1.807, 2.05) is 13.3 Å². The van der Waals surface area contributed by atoms with Gasteiger partial charge in [-0.25, -0.2) is 0 Å². The molecular formula is C17H24N4. The Kier molecular flexibility index (Phi) is 4.65. The Balaban J connectivity index is 1.53. The second kappa shape index (κ2) is 6.85. The molecule has 0 aliphatic carbocycles. The molecule has 0 bridgehead atoms. The molecule has 1 aliphatic heterocycles. The Morgan fingerprint density at radius 2 is 1.95 bits per heavy atom. The minimum absolute atomic E-state index is 0.729. The highest BCUT2D eigenvalue weighted by Crippen LogP contribution is 2.27. The number of hydrogen-bond donors (Lipinski definition) is 0. The molecule has 0 saturated carbocycles. The highest BCUT2D eigenvalue weighted by Gasteiger charge is 2.18. The van der Waals surface area contributed by atoms with Crippen LogP contribution in [0.2, 0.25) is 0 Å². The van der Waals surface area contributed by atoms with Gasteiger partial charge >= 0.3 is 0 Å². The summed E-state index contributed by atoms with van der Waals surface area (Å²) >= 11 is 0. The van der Waals surface area contributed by atoms with Crippen LogP contribution in [0.25, 0.3) is 0 Å². The molecule has 0 spiro atoms. The van der Waals surface area contributed by atoms with Crippen molar-refractivity contribution in [2.45, 2.75) is 38.6 Å². The zero-order chi connectivity index (χ0) is 14.5. The Labute approximate surface area is 126 Å². The van der Waals surface area contributed by atoms with Gasteiger partial charge in [-0.3, -0.25) is 0 Å². The van der Waals surface area contributed by atoms with E-state index in [2.05, 4.69) is 50.0 Å². The van der Waals surface area contributed by atoms with Crippen molar-refractivity contribution in [3.05, 3.63) is 48.0 Å². The van der Waals surface area contributed by atoms with Gasteiger partial charge in [-0.2, -0.15) is 0 Å². The van der Waals surface area contributed by atoms with Crippen LogP contribution < -0.4 is 0 Å². The largest absolute Gasteiger partial charge is 0.317 e. The van der Waals surface area contributed by atoms with E-state index in [9.17, 15) is 0 Å². The Bertz CT molecular complexity index is 549. The van der Waals surface area contributed by atoms with E-state index in [4.69, 9.17) is 0 Å². The van der Waals surface area contributed by atoms with Gasteiger partial charge in [-0.05, 0) is 50.8 Å². The lowest BCUT2D eigenvalue weighted by Crippen LogP contribution is -2.28. The number of hydrogen-bond acceptors (Lipinski definition) is 3. The first-order valence-corrected chi connectivity index (χ1v) is 7.94.